The average Bonchev–Trinajstić information content (AvgIpc) is 1.84. The molecule has 0 nitrogen and oxygen atoms in total. The van der Waals surface area contributed by atoms with E-state index in [0.717, 1.165) is 24.2 Å². The van der Waals surface area contributed by atoms with E-state index in [0.29, 0.717) is 0 Å². The monoisotopic (exact) mass is 127 g/mol. The second-order valence-corrected chi connectivity index (χ2v) is 3.37. The Bertz CT molecular complexity index is 64.4. The molecular formula is C9H19. The van der Waals surface area contributed by atoms with E-state index in [1.807, 2.05) is 0 Å². The van der Waals surface area contributed by atoms with Crippen LogP contribution in [0.25, 0.3) is 0 Å². The molecule has 0 spiro atoms. The highest BCUT2D eigenvalue weighted by atomic mass is 14.2. The van der Waals surface area contributed by atoms with Crippen LogP contribution in [0, 0.1) is 24.7 Å². The topological polar surface area (TPSA) is 0 Å². The maximum atomic E-state index is 3.89. The molecule has 2 unspecified atom stereocenters. The molecule has 55 valence electrons. The van der Waals surface area contributed by atoms with Crippen LogP contribution in [0.1, 0.15) is 34.1 Å². The quantitative estimate of drug-likeness (QED) is 0.546. The van der Waals surface area contributed by atoms with E-state index in [1.165, 1.54) is 0 Å². The van der Waals surface area contributed by atoms with Crippen LogP contribution in [0.3, 0.4) is 0 Å². The van der Waals surface area contributed by atoms with Crippen LogP contribution in [-0.2, 0) is 0 Å². The molecule has 0 aliphatic carbocycles. The summed E-state index contributed by atoms with van der Waals surface area (Å²) in [5.74, 6) is 2.41. The van der Waals surface area contributed by atoms with Crippen molar-refractivity contribution in [1.29, 1.82) is 0 Å². The van der Waals surface area contributed by atoms with E-state index in [4.69, 9.17) is 0 Å². The summed E-state index contributed by atoms with van der Waals surface area (Å²) in [5.41, 5.74) is 0. The summed E-state index contributed by atoms with van der Waals surface area (Å²) in [6.45, 7) is 13.0. The number of rotatable bonds is 3. The lowest BCUT2D eigenvalue weighted by Gasteiger charge is -2.21. The van der Waals surface area contributed by atoms with Crippen LogP contribution in [0.15, 0.2) is 0 Å². The summed E-state index contributed by atoms with van der Waals surface area (Å²) in [6, 6.07) is 0. The summed E-state index contributed by atoms with van der Waals surface area (Å²) < 4.78 is 0. The van der Waals surface area contributed by atoms with Crippen molar-refractivity contribution in [3.63, 3.8) is 0 Å². The summed E-state index contributed by atoms with van der Waals surface area (Å²) in [7, 11) is 0. The highest BCUT2D eigenvalue weighted by Crippen LogP contribution is 2.21. The van der Waals surface area contributed by atoms with E-state index in [9.17, 15) is 0 Å². The third-order valence-corrected chi connectivity index (χ3v) is 2.40. The van der Waals surface area contributed by atoms with Gasteiger partial charge in [0.25, 0.3) is 0 Å². The number of hydrogen-bond donors (Lipinski definition) is 0. The molecule has 1 radical (unpaired) electrons. The van der Waals surface area contributed by atoms with Crippen molar-refractivity contribution in [2.75, 3.05) is 0 Å². The minimum Gasteiger partial charge on any atom is -0.0625 e. The third kappa shape index (κ3) is 2.88. The molecule has 0 aromatic carbocycles. The van der Waals surface area contributed by atoms with Gasteiger partial charge in [-0.2, -0.15) is 0 Å². The van der Waals surface area contributed by atoms with E-state index >= 15 is 0 Å². The highest BCUT2D eigenvalue weighted by Gasteiger charge is 2.12. The third-order valence-electron chi connectivity index (χ3n) is 2.40. The van der Waals surface area contributed by atoms with E-state index in [1.54, 1.807) is 0 Å². The molecule has 0 saturated heterocycles. The lowest BCUT2D eigenvalue weighted by Crippen LogP contribution is -2.12. The van der Waals surface area contributed by atoms with Gasteiger partial charge < -0.3 is 0 Å². The Labute approximate surface area is 59.7 Å². The molecule has 0 aliphatic rings. The molecule has 0 heteroatoms. The van der Waals surface area contributed by atoms with Gasteiger partial charge in [0.1, 0.15) is 0 Å². The summed E-state index contributed by atoms with van der Waals surface area (Å²) in [4.78, 5) is 0. The first kappa shape index (κ1) is 9.00. The second-order valence-electron chi connectivity index (χ2n) is 3.37. The lowest BCUT2D eigenvalue weighted by atomic mass is 9.85. The van der Waals surface area contributed by atoms with Gasteiger partial charge in [-0.1, -0.05) is 41.0 Å². The van der Waals surface area contributed by atoms with Crippen LogP contribution in [-0.4, -0.2) is 0 Å². The molecule has 0 aliphatic heterocycles. The van der Waals surface area contributed by atoms with Gasteiger partial charge in [0.2, 0.25) is 0 Å². The zero-order chi connectivity index (χ0) is 7.44. The molecule has 0 N–H and O–H groups in total. The molecule has 9 heavy (non-hydrogen) atoms. The van der Waals surface area contributed by atoms with Gasteiger partial charge in [-0.25, -0.2) is 0 Å². The maximum Gasteiger partial charge on any atom is -0.0394 e. The Balaban J connectivity index is 3.58. The molecular weight excluding hydrogens is 108 g/mol. The van der Waals surface area contributed by atoms with Crippen molar-refractivity contribution in [2.45, 2.75) is 34.1 Å². The Morgan fingerprint density at radius 2 is 1.56 bits per heavy atom. The fourth-order valence-corrected chi connectivity index (χ4v) is 0.920. The van der Waals surface area contributed by atoms with Crippen molar-refractivity contribution in [1.82, 2.24) is 0 Å². The van der Waals surface area contributed by atoms with E-state index in [-0.39, 0.29) is 0 Å². The van der Waals surface area contributed by atoms with Crippen LogP contribution in [0.5, 0.6) is 0 Å². The molecule has 0 bridgehead atoms. The fraction of sp³-hybridized carbons (Fsp3) is 0.889. The van der Waals surface area contributed by atoms with Gasteiger partial charge in [0, 0.05) is 0 Å². The summed E-state index contributed by atoms with van der Waals surface area (Å²) >= 11 is 0. The first-order chi connectivity index (χ1) is 4.09. The van der Waals surface area contributed by atoms with Crippen LogP contribution >= 0.6 is 0 Å². The van der Waals surface area contributed by atoms with E-state index < -0.39 is 0 Å². The molecule has 0 rings (SSSR count). The molecule has 0 fully saturated rings. The highest BCUT2D eigenvalue weighted by molar-refractivity contribution is 4.65. The van der Waals surface area contributed by atoms with Crippen molar-refractivity contribution in [3.05, 3.63) is 6.92 Å². The van der Waals surface area contributed by atoms with Crippen molar-refractivity contribution >= 4 is 0 Å². The predicted molar refractivity (Wildman–Crippen MR) is 43.1 cm³/mol. The van der Waals surface area contributed by atoms with Crippen molar-refractivity contribution < 1.29 is 0 Å². The van der Waals surface area contributed by atoms with Gasteiger partial charge in [0.15, 0.2) is 0 Å². The molecule has 0 saturated carbocycles. The summed E-state index contributed by atoms with van der Waals surface area (Å²) in [6.07, 6.45) is 1.07. The van der Waals surface area contributed by atoms with Gasteiger partial charge in [0.05, 0.1) is 0 Å². The molecule has 0 aromatic rings. The SMILES string of the molecule is [CH2]CC(C)C(C)C(C)C. The standard InChI is InChI=1S/C9H19/c1-6-8(4)9(5)7(2)3/h7-9H,1,6H2,2-5H3. The van der Waals surface area contributed by atoms with Gasteiger partial charge in [-0.05, 0) is 17.8 Å². The maximum absolute atomic E-state index is 3.89. The van der Waals surface area contributed by atoms with Gasteiger partial charge in [-0.3, -0.25) is 0 Å². The van der Waals surface area contributed by atoms with Crippen molar-refractivity contribution in [2.24, 2.45) is 17.8 Å². The zero-order valence-corrected chi connectivity index (χ0v) is 7.15. The minimum absolute atomic E-state index is 0.782. The minimum atomic E-state index is 0.782. The predicted octanol–water partition coefficient (Wildman–Crippen LogP) is 3.14. The normalized spacial score (nSPS) is 18.0. The first-order valence-electron chi connectivity index (χ1n) is 3.88. The van der Waals surface area contributed by atoms with Crippen LogP contribution in [0.2, 0.25) is 0 Å². The second kappa shape index (κ2) is 3.92. The Kier molecular flexibility index (Phi) is 3.92. The van der Waals surface area contributed by atoms with Crippen LogP contribution in [0.4, 0.5) is 0 Å². The Morgan fingerprint density at radius 1 is 1.11 bits per heavy atom. The van der Waals surface area contributed by atoms with Gasteiger partial charge >= 0.3 is 0 Å². The Hall–Kier alpha value is 0. The Morgan fingerprint density at radius 3 is 1.67 bits per heavy atom. The largest absolute Gasteiger partial charge is 0.0625 e. The zero-order valence-electron chi connectivity index (χ0n) is 7.15. The molecule has 0 amide bonds. The van der Waals surface area contributed by atoms with E-state index in [2.05, 4.69) is 34.6 Å². The molecule has 0 heterocycles. The summed E-state index contributed by atoms with van der Waals surface area (Å²) in [5, 5.41) is 0. The smallest absolute Gasteiger partial charge is 0.0394 e. The number of hydrogen-bond acceptors (Lipinski definition) is 0. The molecule has 0 aromatic heterocycles. The van der Waals surface area contributed by atoms with Crippen molar-refractivity contribution in [3.8, 4) is 0 Å². The molecule has 2 atom stereocenters. The lowest BCUT2D eigenvalue weighted by molar-refractivity contribution is 0.297. The van der Waals surface area contributed by atoms with Gasteiger partial charge in [-0.15, -0.1) is 0 Å². The first-order valence-corrected chi connectivity index (χ1v) is 3.88. The average molecular weight is 127 g/mol. The fourth-order valence-electron chi connectivity index (χ4n) is 0.920. The van der Waals surface area contributed by atoms with Crippen LogP contribution < -0.4 is 0 Å².